The summed E-state index contributed by atoms with van der Waals surface area (Å²) in [5, 5.41) is 13.4. The lowest BCUT2D eigenvalue weighted by molar-refractivity contribution is 0.102. The van der Waals surface area contributed by atoms with Gasteiger partial charge in [-0.1, -0.05) is 12.1 Å². The largest absolute Gasteiger partial charge is 0.494 e. The Morgan fingerprint density at radius 3 is 2.27 bits per heavy atom. The van der Waals surface area contributed by atoms with E-state index in [1.165, 1.54) is 0 Å². The van der Waals surface area contributed by atoms with Gasteiger partial charge in [-0.05, 0) is 61.5 Å². The number of amides is 2. The number of anilines is 2. The number of benzene rings is 3. The Morgan fingerprint density at radius 2 is 1.57 bits per heavy atom. The first kappa shape index (κ1) is 19.2. The first-order valence-corrected chi connectivity index (χ1v) is 9.52. The summed E-state index contributed by atoms with van der Waals surface area (Å²) < 4.78 is 5.39. The number of carbonyl (C=O) groups excluding carboxylic acids is 2. The Kier molecular flexibility index (Phi) is 5.43. The van der Waals surface area contributed by atoms with Gasteiger partial charge in [0.25, 0.3) is 11.8 Å². The van der Waals surface area contributed by atoms with E-state index in [0.717, 1.165) is 11.1 Å². The maximum atomic E-state index is 12.6. The minimum atomic E-state index is -0.253. The van der Waals surface area contributed by atoms with Gasteiger partial charge in [-0.15, -0.1) is 0 Å². The lowest BCUT2D eigenvalue weighted by Gasteiger charge is -2.09. The summed E-state index contributed by atoms with van der Waals surface area (Å²) in [6.45, 7) is 2.51. The highest BCUT2D eigenvalue weighted by atomic mass is 16.5. The molecule has 7 heteroatoms. The lowest BCUT2D eigenvalue weighted by Crippen LogP contribution is -2.14. The summed E-state index contributed by atoms with van der Waals surface area (Å²) in [5.74, 6) is 0.261. The molecule has 0 fully saturated rings. The molecule has 3 aromatic carbocycles. The van der Waals surface area contributed by atoms with Gasteiger partial charge in [0.05, 0.1) is 23.9 Å². The summed E-state index contributed by atoms with van der Waals surface area (Å²) in [7, 11) is 0. The number of nitrogens with one attached hydrogen (secondary N) is 3. The third-order valence-electron chi connectivity index (χ3n) is 4.55. The number of rotatable bonds is 6. The highest BCUT2D eigenvalue weighted by Gasteiger charge is 2.12. The van der Waals surface area contributed by atoms with Crippen molar-refractivity contribution in [2.45, 2.75) is 6.92 Å². The predicted octanol–water partition coefficient (Wildman–Crippen LogP) is 4.47. The minimum Gasteiger partial charge on any atom is -0.494 e. The molecule has 0 spiro atoms. The molecule has 150 valence electrons. The topological polar surface area (TPSA) is 96.1 Å². The fourth-order valence-corrected chi connectivity index (χ4v) is 3.07. The Labute approximate surface area is 173 Å². The van der Waals surface area contributed by atoms with Gasteiger partial charge in [0.1, 0.15) is 5.75 Å². The quantitative estimate of drug-likeness (QED) is 0.445. The average molecular weight is 400 g/mol. The van der Waals surface area contributed by atoms with Crippen molar-refractivity contribution in [2.24, 2.45) is 0 Å². The van der Waals surface area contributed by atoms with Crippen molar-refractivity contribution in [3.05, 3.63) is 84.1 Å². The van der Waals surface area contributed by atoms with Crippen LogP contribution in [0.4, 0.5) is 11.4 Å². The standard InChI is InChI=1S/C23H20N4O3/c1-2-30-19-12-10-18(11-13-19)25-22(28)15-6-8-17(9-7-15)26-23(29)20-5-3-4-16-14-24-27-21(16)20/h3-14H,2H2,1H3,(H,24,27)(H,25,28)(H,26,29). The Hall–Kier alpha value is -4.13. The van der Waals surface area contributed by atoms with E-state index in [1.807, 2.05) is 13.0 Å². The van der Waals surface area contributed by atoms with Crippen molar-refractivity contribution in [3.8, 4) is 5.75 Å². The van der Waals surface area contributed by atoms with Gasteiger partial charge in [0.15, 0.2) is 0 Å². The maximum Gasteiger partial charge on any atom is 0.257 e. The van der Waals surface area contributed by atoms with E-state index >= 15 is 0 Å². The third kappa shape index (κ3) is 4.15. The van der Waals surface area contributed by atoms with Crippen molar-refractivity contribution < 1.29 is 14.3 Å². The van der Waals surface area contributed by atoms with Gasteiger partial charge < -0.3 is 15.4 Å². The van der Waals surface area contributed by atoms with Gasteiger partial charge >= 0.3 is 0 Å². The van der Waals surface area contributed by atoms with Crippen LogP contribution in [-0.2, 0) is 0 Å². The zero-order valence-corrected chi connectivity index (χ0v) is 16.3. The SMILES string of the molecule is CCOc1ccc(NC(=O)c2ccc(NC(=O)c3cccc4cn[nH]c34)cc2)cc1. The number of aromatic nitrogens is 2. The summed E-state index contributed by atoms with van der Waals surface area (Å²) in [6.07, 6.45) is 1.67. The highest BCUT2D eigenvalue weighted by molar-refractivity contribution is 6.12. The second-order valence-corrected chi connectivity index (χ2v) is 6.58. The molecular formula is C23H20N4O3. The molecule has 0 aliphatic heterocycles. The number of nitrogens with zero attached hydrogens (tertiary/aromatic N) is 1. The second kappa shape index (κ2) is 8.48. The molecule has 0 aliphatic carbocycles. The molecule has 0 bridgehead atoms. The second-order valence-electron chi connectivity index (χ2n) is 6.58. The van der Waals surface area contributed by atoms with Gasteiger partial charge in [0, 0.05) is 22.3 Å². The van der Waals surface area contributed by atoms with Crippen molar-refractivity contribution >= 4 is 34.1 Å². The van der Waals surface area contributed by atoms with Crippen LogP contribution in [0, 0.1) is 0 Å². The normalized spacial score (nSPS) is 10.6. The molecule has 3 N–H and O–H groups in total. The van der Waals surface area contributed by atoms with Crippen molar-refractivity contribution in [1.29, 1.82) is 0 Å². The highest BCUT2D eigenvalue weighted by Crippen LogP contribution is 2.19. The third-order valence-corrected chi connectivity index (χ3v) is 4.55. The molecular weight excluding hydrogens is 380 g/mol. The molecule has 1 heterocycles. The van der Waals surface area contributed by atoms with Crippen LogP contribution in [0.1, 0.15) is 27.6 Å². The van der Waals surface area contributed by atoms with Crippen LogP contribution in [0.3, 0.4) is 0 Å². The van der Waals surface area contributed by atoms with E-state index in [2.05, 4.69) is 20.8 Å². The lowest BCUT2D eigenvalue weighted by atomic mass is 10.1. The smallest absolute Gasteiger partial charge is 0.257 e. The molecule has 4 rings (SSSR count). The molecule has 0 atom stereocenters. The number of ether oxygens (including phenoxy) is 1. The predicted molar refractivity (Wildman–Crippen MR) is 116 cm³/mol. The van der Waals surface area contributed by atoms with E-state index < -0.39 is 0 Å². The number of para-hydroxylation sites is 1. The van der Waals surface area contributed by atoms with E-state index in [1.54, 1.807) is 66.9 Å². The number of H-pyrrole nitrogens is 1. The van der Waals surface area contributed by atoms with Crippen LogP contribution >= 0.6 is 0 Å². The summed E-state index contributed by atoms with van der Waals surface area (Å²) in [4.78, 5) is 25.1. The monoisotopic (exact) mass is 400 g/mol. The fraction of sp³-hybridized carbons (Fsp3) is 0.0870. The zero-order valence-electron chi connectivity index (χ0n) is 16.3. The molecule has 0 saturated carbocycles. The Balaban J connectivity index is 1.41. The zero-order chi connectivity index (χ0) is 20.9. The van der Waals surface area contributed by atoms with E-state index in [4.69, 9.17) is 4.74 Å². The van der Waals surface area contributed by atoms with Gasteiger partial charge in [-0.3, -0.25) is 14.7 Å². The summed E-state index contributed by atoms with van der Waals surface area (Å²) in [6, 6.07) is 19.3. The van der Waals surface area contributed by atoms with Gasteiger partial charge in [0.2, 0.25) is 0 Å². The average Bonchev–Trinajstić information content (AvgIpc) is 3.25. The van der Waals surface area contributed by atoms with Crippen LogP contribution in [0.25, 0.3) is 10.9 Å². The Bertz CT molecular complexity index is 1180. The van der Waals surface area contributed by atoms with Crippen molar-refractivity contribution in [1.82, 2.24) is 10.2 Å². The number of hydrogen-bond acceptors (Lipinski definition) is 4. The van der Waals surface area contributed by atoms with Gasteiger partial charge in [-0.2, -0.15) is 5.10 Å². The molecule has 0 saturated heterocycles. The molecule has 4 aromatic rings. The van der Waals surface area contributed by atoms with Crippen molar-refractivity contribution in [3.63, 3.8) is 0 Å². The van der Waals surface area contributed by atoms with Crippen LogP contribution < -0.4 is 15.4 Å². The Morgan fingerprint density at radius 1 is 0.900 bits per heavy atom. The van der Waals surface area contributed by atoms with Crippen molar-refractivity contribution in [2.75, 3.05) is 17.2 Å². The van der Waals surface area contributed by atoms with Gasteiger partial charge in [-0.25, -0.2) is 0 Å². The number of hydrogen-bond donors (Lipinski definition) is 3. The molecule has 7 nitrogen and oxygen atoms in total. The maximum absolute atomic E-state index is 12.6. The van der Waals surface area contributed by atoms with Crippen LogP contribution in [0.15, 0.2) is 72.9 Å². The number of fused-ring (bicyclic) bond motifs is 1. The van der Waals surface area contributed by atoms with E-state index in [0.29, 0.717) is 34.6 Å². The molecule has 0 aliphatic rings. The first-order valence-electron chi connectivity index (χ1n) is 9.52. The molecule has 0 unspecified atom stereocenters. The van der Waals surface area contributed by atoms with E-state index in [-0.39, 0.29) is 11.8 Å². The van der Waals surface area contributed by atoms with Crippen LogP contribution in [-0.4, -0.2) is 28.6 Å². The molecule has 1 aromatic heterocycles. The molecule has 30 heavy (non-hydrogen) atoms. The summed E-state index contributed by atoms with van der Waals surface area (Å²) in [5.41, 5.74) is 2.93. The minimum absolute atomic E-state index is 0.237. The molecule has 0 radical (unpaired) electrons. The molecule has 2 amide bonds. The van der Waals surface area contributed by atoms with E-state index in [9.17, 15) is 9.59 Å². The number of carbonyl (C=O) groups is 2. The van der Waals surface area contributed by atoms with Crippen LogP contribution in [0.5, 0.6) is 5.75 Å². The summed E-state index contributed by atoms with van der Waals surface area (Å²) >= 11 is 0. The fourth-order valence-electron chi connectivity index (χ4n) is 3.07. The van der Waals surface area contributed by atoms with Crippen LogP contribution in [0.2, 0.25) is 0 Å². The number of aromatic amines is 1. The first-order chi connectivity index (χ1) is 14.6.